The zero-order valence-electron chi connectivity index (χ0n) is 15.0. The van der Waals surface area contributed by atoms with Crippen molar-refractivity contribution in [3.8, 4) is 0 Å². The number of furan rings is 1. The molecular weight excluding hydrogens is 379 g/mol. The maximum atomic E-state index is 12.9. The van der Waals surface area contributed by atoms with E-state index in [4.69, 9.17) is 14.3 Å². The summed E-state index contributed by atoms with van der Waals surface area (Å²) in [6.07, 6.45) is -4.08. The number of alkyl halides is 3. The zero-order valence-corrected chi connectivity index (χ0v) is 15.0. The summed E-state index contributed by atoms with van der Waals surface area (Å²) in [5, 5.41) is 8.98. The van der Waals surface area contributed by atoms with Crippen LogP contribution in [0.25, 0.3) is 0 Å². The van der Waals surface area contributed by atoms with Crippen molar-refractivity contribution in [2.75, 3.05) is 19.7 Å². The van der Waals surface area contributed by atoms with Gasteiger partial charge in [0.25, 0.3) is 5.91 Å². The molecule has 2 aromatic rings. The van der Waals surface area contributed by atoms with E-state index in [1.165, 1.54) is 23.3 Å². The molecule has 1 saturated heterocycles. The second-order valence-corrected chi connectivity index (χ2v) is 6.52. The van der Waals surface area contributed by atoms with Gasteiger partial charge >= 0.3 is 12.1 Å². The number of nitrogens with zero attached hydrogens (tertiary/aromatic N) is 1. The van der Waals surface area contributed by atoms with Gasteiger partial charge in [-0.3, -0.25) is 9.59 Å². The second kappa shape index (κ2) is 7.67. The van der Waals surface area contributed by atoms with Crippen LogP contribution in [0.2, 0.25) is 0 Å². The van der Waals surface area contributed by atoms with Gasteiger partial charge in [0.2, 0.25) is 0 Å². The fraction of sp³-hybridized carbons (Fsp3) is 0.368. The van der Waals surface area contributed by atoms with Crippen molar-refractivity contribution in [1.29, 1.82) is 0 Å². The number of morpholine rings is 1. The number of carboxylic acids is 1. The van der Waals surface area contributed by atoms with E-state index in [-0.39, 0.29) is 36.9 Å². The summed E-state index contributed by atoms with van der Waals surface area (Å²) in [5.41, 5.74) is 0.502. The Bertz CT molecular complexity index is 873. The molecule has 1 aromatic heterocycles. The number of carbonyl (C=O) groups is 2. The van der Waals surface area contributed by atoms with Crippen molar-refractivity contribution >= 4 is 11.9 Å². The van der Waals surface area contributed by atoms with Crippen LogP contribution in [0.4, 0.5) is 13.2 Å². The van der Waals surface area contributed by atoms with Crippen molar-refractivity contribution in [3.63, 3.8) is 0 Å². The second-order valence-electron chi connectivity index (χ2n) is 6.52. The Morgan fingerprint density at radius 2 is 1.93 bits per heavy atom. The fourth-order valence-corrected chi connectivity index (χ4v) is 3.13. The van der Waals surface area contributed by atoms with E-state index >= 15 is 0 Å². The van der Waals surface area contributed by atoms with Gasteiger partial charge in [-0.2, -0.15) is 13.2 Å². The monoisotopic (exact) mass is 397 g/mol. The van der Waals surface area contributed by atoms with E-state index in [0.29, 0.717) is 11.1 Å². The molecule has 1 fully saturated rings. The average Bonchev–Trinajstić information content (AvgIpc) is 3.00. The summed E-state index contributed by atoms with van der Waals surface area (Å²) in [6, 6.07) is 4.62. The number of ether oxygens (including phenoxy) is 1. The van der Waals surface area contributed by atoms with Gasteiger partial charge in [-0.1, -0.05) is 12.1 Å². The average molecular weight is 397 g/mol. The fourth-order valence-electron chi connectivity index (χ4n) is 3.13. The summed E-state index contributed by atoms with van der Waals surface area (Å²) in [5.74, 6) is -1.43. The molecule has 1 aliphatic heterocycles. The van der Waals surface area contributed by atoms with Gasteiger partial charge in [-0.05, 0) is 24.6 Å². The number of rotatable bonds is 4. The van der Waals surface area contributed by atoms with Gasteiger partial charge in [0.1, 0.15) is 18.3 Å². The third-order valence-electron chi connectivity index (χ3n) is 4.54. The Morgan fingerprint density at radius 3 is 2.54 bits per heavy atom. The van der Waals surface area contributed by atoms with Crippen molar-refractivity contribution in [2.24, 2.45) is 0 Å². The van der Waals surface area contributed by atoms with Crippen LogP contribution in [0.3, 0.4) is 0 Å². The van der Waals surface area contributed by atoms with Crippen molar-refractivity contribution in [3.05, 3.63) is 58.5 Å². The molecular formula is C19H18F3NO5. The number of carbonyl (C=O) groups excluding carboxylic acids is 1. The third-order valence-corrected chi connectivity index (χ3v) is 4.54. The van der Waals surface area contributed by atoms with Crippen LogP contribution < -0.4 is 0 Å². The van der Waals surface area contributed by atoms with E-state index in [1.54, 1.807) is 6.92 Å². The molecule has 0 spiro atoms. The summed E-state index contributed by atoms with van der Waals surface area (Å²) in [4.78, 5) is 25.4. The normalized spacial score (nSPS) is 17.6. The van der Waals surface area contributed by atoms with E-state index in [9.17, 15) is 22.8 Å². The summed E-state index contributed by atoms with van der Waals surface area (Å²) >= 11 is 0. The lowest BCUT2D eigenvalue weighted by atomic mass is 10.0. The molecule has 0 saturated carbocycles. The minimum absolute atomic E-state index is 0.0765. The lowest BCUT2D eigenvalue weighted by molar-refractivity contribution is -0.138. The predicted molar refractivity (Wildman–Crippen MR) is 90.8 cm³/mol. The highest BCUT2D eigenvalue weighted by Gasteiger charge is 2.32. The number of benzene rings is 1. The summed E-state index contributed by atoms with van der Waals surface area (Å²) in [7, 11) is 0. The molecule has 9 heteroatoms. The number of aliphatic carboxylic acids is 1. The maximum absolute atomic E-state index is 12.9. The number of amides is 1. The van der Waals surface area contributed by atoms with Crippen LogP contribution in [0.15, 0.2) is 34.9 Å². The first-order chi connectivity index (χ1) is 13.2. The lowest BCUT2D eigenvalue weighted by Crippen LogP contribution is -2.42. The molecule has 0 aliphatic carbocycles. The molecule has 1 aromatic carbocycles. The molecule has 0 radical (unpaired) electrons. The molecule has 1 atom stereocenters. The molecule has 1 aliphatic rings. The molecule has 28 heavy (non-hydrogen) atoms. The number of aryl methyl sites for hydroxylation is 1. The molecule has 6 nitrogen and oxygen atoms in total. The molecule has 1 amide bonds. The number of halogens is 3. The van der Waals surface area contributed by atoms with E-state index in [0.717, 1.165) is 12.1 Å². The molecule has 1 N–H and O–H groups in total. The number of hydrogen-bond acceptors (Lipinski definition) is 4. The Morgan fingerprint density at radius 1 is 1.25 bits per heavy atom. The van der Waals surface area contributed by atoms with E-state index < -0.39 is 30.2 Å². The molecule has 1 unspecified atom stereocenters. The van der Waals surface area contributed by atoms with Crippen LogP contribution in [0.1, 0.15) is 38.9 Å². The smallest absolute Gasteiger partial charge is 0.416 e. The first kappa shape index (κ1) is 19.9. The van der Waals surface area contributed by atoms with Gasteiger partial charge in [-0.25, -0.2) is 0 Å². The van der Waals surface area contributed by atoms with Gasteiger partial charge in [-0.15, -0.1) is 0 Å². The third kappa shape index (κ3) is 4.19. The molecule has 2 heterocycles. The molecule has 150 valence electrons. The Labute approximate surface area is 158 Å². The van der Waals surface area contributed by atoms with Crippen LogP contribution in [-0.4, -0.2) is 41.6 Å². The number of carboxylic acid groups (broad SMARTS) is 1. The lowest BCUT2D eigenvalue weighted by Gasteiger charge is -2.33. The highest BCUT2D eigenvalue weighted by atomic mass is 19.4. The quantitative estimate of drug-likeness (QED) is 0.855. The van der Waals surface area contributed by atoms with Crippen LogP contribution in [0.5, 0.6) is 0 Å². The zero-order chi connectivity index (χ0) is 20.5. The van der Waals surface area contributed by atoms with Gasteiger partial charge in [0, 0.05) is 12.1 Å². The van der Waals surface area contributed by atoms with Crippen LogP contribution >= 0.6 is 0 Å². The van der Waals surface area contributed by atoms with Gasteiger partial charge in [0.05, 0.1) is 30.5 Å². The standard InChI is InChI=1S/C19H18F3NO5/c1-11-10-28-14(8-16(24)25)17(11)18(26)23-6-7-27-15(9-23)12-2-4-13(5-3-12)19(20,21)22/h2-5,10,15H,6-9H2,1H3,(H,24,25). The maximum Gasteiger partial charge on any atom is 0.416 e. The van der Waals surface area contributed by atoms with Crippen molar-refractivity contribution in [1.82, 2.24) is 4.90 Å². The van der Waals surface area contributed by atoms with E-state index in [2.05, 4.69) is 0 Å². The van der Waals surface area contributed by atoms with Gasteiger partial charge < -0.3 is 19.2 Å². The van der Waals surface area contributed by atoms with Crippen LogP contribution in [-0.2, 0) is 22.1 Å². The SMILES string of the molecule is Cc1coc(CC(=O)O)c1C(=O)N1CCOC(c2ccc(C(F)(F)F)cc2)C1. The first-order valence-electron chi connectivity index (χ1n) is 8.53. The molecule has 0 bridgehead atoms. The van der Waals surface area contributed by atoms with Crippen molar-refractivity contribution in [2.45, 2.75) is 25.6 Å². The Hall–Kier alpha value is -2.81. The largest absolute Gasteiger partial charge is 0.481 e. The number of hydrogen-bond donors (Lipinski definition) is 1. The predicted octanol–water partition coefficient (Wildman–Crippen LogP) is 3.45. The minimum atomic E-state index is -4.42. The summed E-state index contributed by atoms with van der Waals surface area (Å²) < 4.78 is 49.0. The van der Waals surface area contributed by atoms with E-state index in [1.807, 2.05) is 0 Å². The Kier molecular flexibility index (Phi) is 5.46. The molecule has 3 rings (SSSR count). The Balaban J connectivity index is 1.77. The van der Waals surface area contributed by atoms with Gasteiger partial charge in [0.15, 0.2) is 0 Å². The summed E-state index contributed by atoms with van der Waals surface area (Å²) in [6.45, 7) is 2.28. The van der Waals surface area contributed by atoms with Crippen molar-refractivity contribution < 1.29 is 37.0 Å². The highest BCUT2D eigenvalue weighted by Crippen LogP contribution is 2.31. The minimum Gasteiger partial charge on any atom is -0.481 e. The topological polar surface area (TPSA) is 80.0 Å². The highest BCUT2D eigenvalue weighted by molar-refractivity contribution is 5.97. The van der Waals surface area contributed by atoms with Crippen LogP contribution in [0, 0.1) is 6.92 Å². The first-order valence-corrected chi connectivity index (χ1v) is 8.53.